The number of benzene rings is 1. The lowest BCUT2D eigenvalue weighted by atomic mass is 9.88. The number of methoxy groups -OCH3 is 1. The quantitative estimate of drug-likeness (QED) is 0.642. The molecule has 1 aliphatic rings. The van der Waals surface area contributed by atoms with Crippen LogP contribution in [-0.4, -0.2) is 55.6 Å². The van der Waals surface area contributed by atoms with Crippen molar-refractivity contribution in [1.29, 1.82) is 0 Å². The van der Waals surface area contributed by atoms with Crippen molar-refractivity contribution in [2.75, 3.05) is 39.9 Å². The van der Waals surface area contributed by atoms with Gasteiger partial charge in [0.25, 0.3) is 0 Å². The largest absolute Gasteiger partial charge is 0.472 e. The zero-order chi connectivity index (χ0) is 20.8. The Morgan fingerprint density at radius 3 is 2.62 bits per heavy atom. The van der Waals surface area contributed by atoms with Gasteiger partial charge in [0, 0.05) is 57.2 Å². The Hall–Kier alpha value is -2.11. The van der Waals surface area contributed by atoms with Gasteiger partial charge >= 0.3 is 0 Å². The van der Waals surface area contributed by atoms with E-state index in [0.717, 1.165) is 26.2 Å². The second-order valence-electron chi connectivity index (χ2n) is 8.53. The summed E-state index contributed by atoms with van der Waals surface area (Å²) in [5.74, 6) is 1.00. The second kappa shape index (κ2) is 10.1. The summed E-state index contributed by atoms with van der Waals surface area (Å²) in [5.41, 5.74) is 3.83. The molecule has 0 spiro atoms. The molecule has 3 rings (SSSR count). The topological polar surface area (TPSA) is 45.9 Å². The SMILES string of the molecule is COCCN(CC1CN(Cc2ccoc2)CC1c1ccc(C)cc1)C(=O)C(C)C. The van der Waals surface area contributed by atoms with Gasteiger partial charge in [0.05, 0.1) is 19.1 Å². The van der Waals surface area contributed by atoms with Crippen LogP contribution < -0.4 is 0 Å². The summed E-state index contributed by atoms with van der Waals surface area (Å²) in [7, 11) is 1.69. The third-order valence-electron chi connectivity index (χ3n) is 5.83. The molecule has 29 heavy (non-hydrogen) atoms. The maximum Gasteiger partial charge on any atom is 0.225 e. The third-order valence-corrected chi connectivity index (χ3v) is 5.83. The number of nitrogens with zero attached hydrogens (tertiary/aromatic N) is 2. The summed E-state index contributed by atoms with van der Waals surface area (Å²) in [6.45, 7) is 10.9. The smallest absolute Gasteiger partial charge is 0.225 e. The predicted octanol–water partition coefficient (Wildman–Crippen LogP) is 3.93. The fraction of sp³-hybridized carbons (Fsp3) is 0.542. The maximum atomic E-state index is 12.8. The molecule has 1 aliphatic heterocycles. The first kappa shape index (κ1) is 21.6. The van der Waals surface area contributed by atoms with E-state index in [1.807, 2.05) is 31.1 Å². The van der Waals surface area contributed by atoms with Crippen LogP contribution in [0, 0.1) is 18.8 Å². The highest BCUT2D eigenvalue weighted by atomic mass is 16.5. The number of rotatable bonds is 9. The highest BCUT2D eigenvalue weighted by Gasteiger charge is 2.36. The lowest BCUT2D eigenvalue weighted by molar-refractivity contribution is -0.135. The molecule has 2 heterocycles. The van der Waals surface area contributed by atoms with Crippen LogP contribution in [0.1, 0.15) is 36.5 Å². The number of furan rings is 1. The molecule has 5 nitrogen and oxygen atoms in total. The van der Waals surface area contributed by atoms with Gasteiger partial charge in [-0.25, -0.2) is 0 Å². The Labute approximate surface area is 174 Å². The standard InChI is InChI=1S/C24H34N2O3/c1-18(2)24(27)26(10-12-28-4)15-22-14-25(13-20-9-11-29-17-20)16-23(22)21-7-5-19(3)6-8-21/h5-9,11,17-18,22-23H,10,12-16H2,1-4H3. The van der Waals surface area contributed by atoms with E-state index in [0.29, 0.717) is 25.0 Å². The summed E-state index contributed by atoms with van der Waals surface area (Å²) in [6, 6.07) is 10.9. The molecule has 5 heteroatoms. The van der Waals surface area contributed by atoms with Crippen molar-refractivity contribution >= 4 is 5.91 Å². The predicted molar refractivity (Wildman–Crippen MR) is 115 cm³/mol. The number of amides is 1. The first-order valence-corrected chi connectivity index (χ1v) is 10.6. The Bertz CT molecular complexity index is 755. The molecule has 0 radical (unpaired) electrons. The van der Waals surface area contributed by atoms with Crippen molar-refractivity contribution in [1.82, 2.24) is 9.80 Å². The molecule has 2 aromatic rings. The molecular weight excluding hydrogens is 364 g/mol. The minimum absolute atomic E-state index is 0.00637. The highest BCUT2D eigenvalue weighted by molar-refractivity contribution is 5.78. The van der Waals surface area contributed by atoms with Crippen LogP contribution in [-0.2, 0) is 16.1 Å². The van der Waals surface area contributed by atoms with Crippen molar-refractivity contribution in [2.45, 2.75) is 33.2 Å². The molecule has 0 aliphatic carbocycles. The van der Waals surface area contributed by atoms with Gasteiger partial charge in [0.1, 0.15) is 0 Å². The molecule has 2 atom stereocenters. The molecule has 1 amide bonds. The number of hydrogen-bond acceptors (Lipinski definition) is 4. The van der Waals surface area contributed by atoms with Gasteiger partial charge in [-0.15, -0.1) is 0 Å². The molecule has 0 saturated carbocycles. The van der Waals surface area contributed by atoms with Gasteiger partial charge in [-0.1, -0.05) is 43.7 Å². The average Bonchev–Trinajstić information content (AvgIpc) is 3.35. The molecule has 1 saturated heterocycles. The summed E-state index contributed by atoms with van der Waals surface area (Å²) >= 11 is 0. The Kier molecular flexibility index (Phi) is 7.51. The third kappa shape index (κ3) is 5.71. The van der Waals surface area contributed by atoms with Gasteiger partial charge < -0.3 is 14.1 Å². The van der Waals surface area contributed by atoms with Crippen molar-refractivity contribution in [3.05, 3.63) is 59.5 Å². The molecule has 1 aromatic heterocycles. The normalized spacial score (nSPS) is 19.8. The van der Waals surface area contributed by atoms with Crippen molar-refractivity contribution in [3.63, 3.8) is 0 Å². The summed E-state index contributed by atoms with van der Waals surface area (Å²) in [6.07, 6.45) is 3.55. The monoisotopic (exact) mass is 398 g/mol. The van der Waals surface area contributed by atoms with E-state index in [1.54, 1.807) is 13.4 Å². The van der Waals surface area contributed by atoms with Crippen LogP contribution in [0.3, 0.4) is 0 Å². The lowest BCUT2D eigenvalue weighted by Gasteiger charge is -2.29. The minimum atomic E-state index is -0.00637. The Morgan fingerprint density at radius 1 is 1.24 bits per heavy atom. The van der Waals surface area contributed by atoms with Gasteiger partial charge in [0.15, 0.2) is 0 Å². The first-order chi connectivity index (χ1) is 14.0. The van der Waals surface area contributed by atoms with E-state index >= 15 is 0 Å². The van der Waals surface area contributed by atoms with Crippen LogP contribution in [0.5, 0.6) is 0 Å². The van der Waals surface area contributed by atoms with Gasteiger partial charge in [-0.2, -0.15) is 0 Å². The van der Waals surface area contributed by atoms with Crippen molar-refractivity contribution in [3.8, 4) is 0 Å². The number of ether oxygens (including phenoxy) is 1. The highest BCUT2D eigenvalue weighted by Crippen LogP contribution is 2.34. The van der Waals surface area contributed by atoms with E-state index in [2.05, 4.69) is 36.1 Å². The number of carbonyl (C=O) groups excluding carboxylic acids is 1. The number of aryl methyl sites for hydroxylation is 1. The fourth-order valence-corrected chi connectivity index (χ4v) is 4.25. The van der Waals surface area contributed by atoms with E-state index in [-0.39, 0.29) is 11.8 Å². The van der Waals surface area contributed by atoms with E-state index in [9.17, 15) is 4.79 Å². The zero-order valence-corrected chi connectivity index (χ0v) is 18.1. The summed E-state index contributed by atoms with van der Waals surface area (Å²) in [4.78, 5) is 17.3. The maximum absolute atomic E-state index is 12.8. The molecule has 0 N–H and O–H groups in total. The zero-order valence-electron chi connectivity index (χ0n) is 18.1. The molecule has 1 aromatic carbocycles. The van der Waals surface area contributed by atoms with Crippen LogP contribution in [0.25, 0.3) is 0 Å². The molecular formula is C24H34N2O3. The molecule has 0 bridgehead atoms. The minimum Gasteiger partial charge on any atom is -0.472 e. The van der Waals surface area contributed by atoms with Crippen LogP contribution in [0.15, 0.2) is 47.3 Å². The number of carbonyl (C=O) groups is 1. The van der Waals surface area contributed by atoms with Crippen molar-refractivity contribution in [2.24, 2.45) is 11.8 Å². The molecule has 2 unspecified atom stereocenters. The van der Waals surface area contributed by atoms with Crippen LogP contribution >= 0.6 is 0 Å². The van der Waals surface area contributed by atoms with E-state index < -0.39 is 0 Å². The molecule has 158 valence electrons. The number of likely N-dealkylation sites (tertiary alicyclic amines) is 1. The Morgan fingerprint density at radius 2 is 2.00 bits per heavy atom. The van der Waals surface area contributed by atoms with E-state index in [4.69, 9.17) is 9.15 Å². The average molecular weight is 399 g/mol. The molecule has 1 fully saturated rings. The van der Waals surface area contributed by atoms with Crippen molar-refractivity contribution < 1.29 is 13.9 Å². The number of hydrogen-bond donors (Lipinski definition) is 0. The summed E-state index contributed by atoms with van der Waals surface area (Å²) in [5, 5.41) is 0. The van der Waals surface area contributed by atoms with Crippen LogP contribution in [0.4, 0.5) is 0 Å². The van der Waals surface area contributed by atoms with Gasteiger partial charge in [-0.3, -0.25) is 9.69 Å². The first-order valence-electron chi connectivity index (χ1n) is 10.6. The van der Waals surface area contributed by atoms with E-state index in [1.165, 1.54) is 16.7 Å². The lowest BCUT2D eigenvalue weighted by Crippen LogP contribution is -2.41. The Balaban J connectivity index is 1.78. The van der Waals surface area contributed by atoms with Crippen LogP contribution in [0.2, 0.25) is 0 Å². The second-order valence-corrected chi connectivity index (χ2v) is 8.53. The van der Waals surface area contributed by atoms with Gasteiger partial charge in [0.2, 0.25) is 5.91 Å². The fourth-order valence-electron chi connectivity index (χ4n) is 4.25. The summed E-state index contributed by atoms with van der Waals surface area (Å²) < 4.78 is 10.5. The van der Waals surface area contributed by atoms with Gasteiger partial charge in [-0.05, 0) is 24.5 Å².